The first-order valence-electron chi connectivity index (χ1n) is 10.7. The molecule has 4 rings (SSSR count). The molecule has 172 valence electrons. The molecule has 0 aliphatic carbocycles. The van der Waals surface area contributed by atoms with Gasteiger partial charge in [-0.2, -0.15) is 4.52 Å². The van der Waals surface area contributed by atoms with Crippen molar-refractivity contribution in [2.75, 3.05) is 18.1 Å². The molecule has 0 saturated carbocycles. The van der Waals surface area contributed by atoms with Crippen molar-refractivity contribution in [2.45, 2.75) is 37.1 Å². The topological polar surface area (TPSA) is 125 Å². The summed E-state index contributed by atoms with van der Waals surface area (Å²) in [5, 5.41) is 10.9. The molecule has 3 N–H and O–H groups in total. The number of carbonyl (C=O) groups is 1. The summed E-state index contributed by atoms with van der Waals surface area (Å²) in [7, 11) is -2.80. The van der Waals surface area contributed by atoms with Crippen molar-refractivity contribution in [3.63, 3.8) is 0 Å². The SMILES string of the molecule is C=C/C=C\c1c(C)nc(N[C@@H]2CCCCNC2=O)n2nc(-c3ccc(S(C)(=N)=O)cc3)nc12. The van der Waals surface area contributed by atoms with Crippen LogP contribution in [0.2, 0.25) is 0 Å². The minimum absolute atomic E-state index is 0.0507. The molecule has 1 unspecified atom stereocenters. The second-order valence-corrected chi connectivity index (χ2v) is 10.2. The molecule has 3 heterocycles. The lowest BCUT2D eigenvalue weighted by molar-refractivity contribution is -0.121. The summed E-state index contributed by atoms with van der Waals surface area (Å²) in [5.74, 6) is 0.853. The molecular formula is C23H27N7O2S. The molecule has 0 bridgehead atoms. The molecule has 0 radical (unpaired) electrons. The molecule has 2 aromatic heterocycles. The number of aryl methyl sites for hydroxylation is 1. The number of hydrogen-bond donors (Lipinski definition) is 3. The summed E-state index contributed by atoms with van der Waals surface area (Å²) >= 11 is 0. The molecule has 9 nitrogen and oxygen atoms in total. The van der Waals surface area contributed by atoms with Crippen molar-refractivity contribution < 1.29 is 9.00 Å². The fourth-order valence-electron chi connectivity index (χ4n) is 3.73. The summed E-state index contributed by atoms with van der Waals surface area (Å²) < 4.78 is 21.4. The van der Waals surface area contributed by atoms with Gasteiger partial charge in [0.25, 0.3) is 0 Å². The molecule has 1 saturated heterocycles. The van der Waals surface area contributed by atoms with Gasteiger partial charge in [-0.05, 0) is 56.5 Å². The van der Waals surface area contributed by atoms with Gasteiger partial charge in [0.2, 0.25) is 11.9 Å². The van der Waals surface area contributed by atoms with E-state index in [0.29, 0.717) is 35.3 Å². The van der Waals surface area contributed by atoms with Crippen molar-refractivity contribution in [3.05, 3.63) is 54.3 Å². The van der Waals surface area contributed by atoms with Crippen molar-refractivity contribution >= 4 is 33.3 Å². The van der Waals surface area contributed by atoms with Gasteiger partial charge in [-0.3, -0.25) is 4.79 Å². The summed E-state index contributed by atoms with van der Waals surface area (Å²) in [6, 6.07) is 6.43. The molecule has 1 aliphatic heterocycles. The molecule has 10 heteroatoms. The number of benzene rings is 1. The van der Waals surface area contributed by atoms with Gasteiger partial charge in [-0.15, -0.1) is 5.10 Å². The minimum Gasteiger partial charge on any atom is -0.354 e. The molecule has 1 fully saturated rings. The Morgan fingerprint density at radius 1 is 1.27 bits per heavy atom. The van der Waals surface area contributed by atoms with E-state index >= 15 is 0 Å². The standard InChI is InChI=1S/C23H27N7O2S/c1-4-5-8-18-15(2)26-23(27-19-9-6-7-14-25-22(19)31)30-21(18)28-20(29-30)16-10-12-17(13-11-16)33(3,24)32/h4-5,8,10-13,19,24H,1,6-7,9,14H2,2-3H3,(H,25,31)(H,26,27)/b8-5-/t19-,33?/m1/s1. The number of nitrogens with zero attached hydrogens (tertiary/aromatic N) is 4. The number of allylic oxidation sites excluding steroid dienone is 2. The monoisotopic (exact) mass is 465 g/mol. The Hall–Kier alpha value is -3.53. The van der Waals surface area contributed by atoms with E-state index in [0.717, 1.165) is 29.7 Å². The number of hydrogen-bond acceptors (Lipinski definition) is 7. The normalized spacial score (nSPS) is 18.6. The highest BCUT2D eigenvalue weighted by Gasteiger charge is 2.24. The maximum Gasteiger partial charge on any atom is 0.242 e. The molecule has 0 spiro atoms. The van der Waals surface area contributed by atoms with Crippen LogP contribution in [0.4, 0.5) is 5.95 Å². The lowest BCUT2D eigenvalue weighted by Crippen LogP contribution is -2.38. The van der Waals surface area contributed by atoms with E-state index in [2.05, 4.69) is 27.3 Å². The Morgan fingerprint density at radius 3 is 2.73 bits per heavy atom. The van der Waals surface area contributed by atoms with E-state index in [1.165, 1.54) is 6.26 Å². The van der Waals surface area contributed by atoms with Crippen LogP contribution in [-0.2, 0) is 14.5 Å². The minimum atomic E-state index is -2.80. The fourth-order valence-corrected chi connectivity index (χ4v) is 4.39. The fraction of sp³-hybridized carbons (Fsp3) is 0.304. The number of nitrogens with one attached hydrogen (secondary N) is 3. The van der Waals surface area contributed by atoms with Gasteiger partial charge in [0, 0.05) is 28.8 Å². The number of rotatable bonds is 6. The van der Waals surface area contributed by atoms with Gasteiger partial charge in [0.15, 0.2) is 11.5 Å². The zero-order valence-electron chi connectivity index (χ0n) is 18.7. The van der Waals surface area contributed by atoms with Gasteiger partial charge in [0.1, 0.15) is 6.04 Å². The summed E-state index contributed by atoms with van der Waals surface area (Å²) in [4.78, 5) is 22.4. The lowest BCUT2D eigenvalue weighted by atomic mass is 10.1. The zero-order chi connectivity index (χ0) is 23.6. The zero-order valence-corrected chi connectivity index (χ0v) is 19.5. The lowest BCUT2D eigenvalue weighted by Gasteiger charge is -2.17. The first-order valence-corrected chi connectivity index (χ1v) is 12.7. The van der Waals surface area contributed by atoms with Crippen LogP contribution >= 0.6 is 0 Å². The van der Waals surface area contributed by atoms with E-state index < -0.39 is 15.8 Å². The Labute approximate surface area is 193 Å². The van der Waals surface area contributed by atoms with Crippen LogP contribution in [0.1, 0.15) is 30.5 Å². The number of aromatic nitrogens is 4. The molecule has 3 aromatic rings. The van der Waals surface area contributed by atoms with E-state index in [1.54, 1.807) is 34.9 Å². The number of amides is 1. The Bertz CT molecular complexity index is 1340. The van der Waals surface area contributed by atoms with Crippen LogP contribution in [0.15, 0.2) is 47.9 Å². The number of fused-ring (bicyclic) bond motifs is 1. The third kappa shape index (κ3) is 4.80. The van der Waals surface area contributed by atoms with Crippen LogP contribution in [-0.4, -0.2) is 48.5 Å². The second kappa shape index (κ2) is 9.14. The molecule has 2 atom stereocenters. The number of carbonyl (C=O) groups excluding carboxylic acids is 1. The van der Waals surface area contributed by atoms with Gasteiger partial charge < -0.3 is 10.6 Å². The van der Waals surface area contributed by atoms with E-state index in [1.807, 2.05) is 19.1 Å². The molecule has 1 aromatic carbocycles. The summed E-state index contributed by atoms with van der Waals surface area (Å²) in [6.07, 6.45) is 9.34. The quantitative estimate of drug-likeness (QED) is 0.479. The van der Waals surface area contributed by atoms with Crippen molar-refractivity contribution in [2.24, 2.45) is 0 Å². The third-order valence-corrected chi connectivity index (χ3v) is 6.68. The largest absolute Gasteiger partial charge is 0.354 e. The van der Waals surface area contributed by atoms with E-state index in [-0.39, 0.29) is 5.91 Å². The Kier molecular flexibility index (Phi) is 6.28. The smallest absolute Gasteiger partial charge is 0.242 e. The van der Waals surface area contributed by atoms with Gasteiger partial charge in [-0.25, -0.2) is 19.0 Å². The van der Waals surface area contributed by atoms with Gasteiger partial charge >= 0.3 is 0 Å². The summed E-state index contributed by atoms with van der Waals surface area (Å²) in [6.45, 7) is 6.29. The molecule has 1 amide bonds. The maximum absolute atomic E-state index is 12.5. The van der Waals surface area contributed by atoms with Crippen LogP contribution in [0.5, 0.6) is 0 Å². The second-order valence-electron chi connectivity index (χ2n) is 8.05. The average Bonchev–Trinajstić information content (AvgIpc) is 3.12. The van der Waals surface area contributed by atoms with E-state index in [4.69, 9.17) is 9.76 Å². The van der Waals surface area contributed by atoms with Crippen LogP contribution in [0.3, 0.4) is 0 Å². The predicted molar refractivity (Wildman–Crippen MR) is 130 cm³/mol. The van der Waals surface area contributed by atoms with Crippen LogP contribution in [0.25, 0.3) is 23.1 Å². The Morgan fingerprint density at radius 2 is 2.03 bits per heavy atom. The summed E-state index contributed by atoms with van der Waals surface area (Å²) in [5.41, 5.74) is 2.85. The van der Waals surface area contributed by atoms with Crippen LogP contribution < -0.4 is 10.6 Å². The van der Waals surface area contributed by atoms with Crippen LogP contribution in [0, 0.1) is 11.7 Å². The first-order chi connectivity index (χ1) is 15.8. The molecule has 1 aliphatic rings. The molecule has 33 heavy (non-hydrogen) atoms. The highest BCUT2D eigenvalue weighted by Crippen LogP contribution is 2.25. The predicted octanol–water partition coefficient (Wildman–Crippen LogP) is 3.41. The third-order valence-electron chi connectivity index (χ3n) is 5.51. The molecular weight excluding hydrogens is 438 g/mol. The highest BCUT2D eigenvalue weighted by atomic mass is 32.2. The van der Waals surface area contributed by atoms with Crippen molar-refractivity contribution in [1.82, 2.24) is 24.9 Å². The first kappa shape index (κ1) is 22.7. The van der Waals surface area contributed by atoms with Crippen molar-refractivity contribution in [3.8, 4) is 11.4 Å². The van der Waals surface area contributed by atoms with Crippen molar-refractivity contribution in [1.29, 1.82) is 4.78 Å². The van der Waals surface area contributed by atoms with E-state index in [9.17, 15) is 9.00 Å². The average molecular weight is 466 g/mol. The number of anilines is 1. The highest BCUT2D eigenvalue weighted by molar-refractivity contribution is 7.91. The van der Waals surface area contributed by atoms with Gasteiger partial charge in [-0.1, -0.05) is 18.7 Å². The maximum atomic E-state index is 12.5. The van der Waals surface area contributed by atoms with Gasteiger partial charge in [0.05, 0.1) is 15.4 Å². The Balaban J connectivity index is 1.82.